The lowest BCUT2D eigenvalue weighted by molar-refractivity contribution is 0.223. The van der Waals surface area contributed by atoms with E-state index >= 15 is 0 Å². The van der Waals surface area contributed by atoms with Crippen molar-refractivity contribution < 1.29 is 4.74 Å². The fraction of sp³-hybridized carbons (Fsp3) is 0.333. The molecule has 1 atom stereocenters. The average molecular weight is 493 g/mol. The van der Waals surface area contributed by atoms with Crippen LogP contribution in [0, 0.1) is 6.92 Å². The van der Waals surface area contributed by atoms with E-state index in [1.54, 1.807) is 7.05 Å². The third-order valence-corrected chi connectivity index (χ3v) is 4.40. The highest BCUT2D eigenvalue weighted by Crippen LogP contribution is 2.14. The number of guanidine groups is 1. The van der Waals surface area contributed by atoms with Gasteiger partial charge in [-0.05, 0) is 43.7 Å². The third kappa shape index (κ3) is 5.60. The number of aromatic nitrogens is 2. The second kappa shape index (κ2) is 10.3. The van der Waals surface area contributed by atoms with E-state index in [-0.39, 0.29) is 30.1 Å². The number of aryl methyl sites for hydroxylation is 2. The number of ether oxygens (including phenoxy) is 1. The van der Waals surface area contributed by atoms with E-state index in [0.29, 0.717) is 13.1 Å². The Kier molecular flexibility index (Phi) is 8.10. The first-order valence-electron chi connectivity index (χ1n) is 9.15. The fourth-order valence-corrected chi connectivity index (χ4v) is 2.94. The molecule has 0 radical (unpaired) electrons. The lowest BCUT2D eigenvalue weighted by atomic mass is 10.2. The van der Waals surface area contributed by atoms with E-state index in [1.807, 2.05) is 50.4 Å². The number of halogens is 1. The van der Waals surface area contributed by atoms with Crippen molar-refractivity contribution in [2.45, 2.75) is 26.5 Å². The Bertz CT molecular complexity index is 937. The van der Waals surface area contributed by atoms with E-state index < -0.39 is 0 Å². The molecule has 0 fully saturated rings. The van der Waals surface area contributed by atoms with Gasteiger partial charge >= 0.3 is 0 Å². The highest BCUT2D eigenvalue weighted by Gasteiger charge is 2.09. The summed E-state index contributed by atoms with van der Waals surface area (Å²) < 4.78 is 8.05. The van der Waals surface area contributed by atoms with Gasteiger partial charge in [0.15, 0.2) is 5.96 Å². The first-order chi connectivity index (χ1) is 13.1. The number of benzene rings is 2. The van der Waals surface area contributed by atoms with Gasteiger partial charge in [-0.15, -0.1) is 24.0 Å². The van der Waals surface area contributed by atoms with Crippen molar-refractivity contribution >= 4 is 41.0 Å². The minimum atomic E-state index is 0. The van der Waals surface area contributed by atoms with Gasteiger partial charge in [-0.25, -0.2) is 4.98 Å². The molecule has 2 N–H and O–H groups in total. The molecule has 28 heavy (non-hydrogen) atoms. The Balaban J connectivity index is 0.00000280. The van der Waals surface area contributed by atoms with E-state index in [1.165, 1.54) is 5.56 Å². The molecule has 0 saturated carbocycles. The van der Waals surface area contributed by atoms with Gasteiger partial charge < -0.3 is 19.9 Å². The molecule has 0 aliphatic carbocycles. The summed E-state index contributed by atoms with van der Waals surface area (Å²) in [6.45, 7) is 5.34. The Morgan fingerprint density at radius 1 is 1.18 bits per heavy atom. The normalized spacial score (nSPS) is 12.4. The minimum absolute atomic E-state index is 0. The Morgan fingerprint density at radius 3 is 2.68 bits per heavy atom. The van der Waals surface area contributed by atoms with E-state index in [2.05, 4.69) is 44.2 Å². The molecule has 0 bridgehead atoms. The maximum absolute atomic E-state index is 5.95. The molecule has 150 valence electrons. The molecule has 1 aromatic heterocycles. The standard InChI is InChI=1S/C21H27N5O.HI/c1-15-8-7-9-17(12-15)27-16(2)13-23-21(22-3)24-14-20-25-18-10-5-6-11-19(18)26(20)4;/h5-12,16H,13-14H2,1-4H3,(H2,22,23,24);1H. The zero-order valence-electron chi connectivity index (χ0n) is 16.8. The Labute approximate surface area is 183 Å². The molecule has 3 aromatic rings. The van der Waals surface area contributed by atoms with Crippen LogP contribution in [0.1, 0.15) is 18.3 Å². The van der Waals surface area contributed by atoms with E-state index in [4.69, 9.17) is 4.74 Å². The van der Waals surface area contributed by atoms with Crippen molar-refractivity contribution in [2.24, 2.45) is 12.0 Å². The summed E-state index contributed by atoms with van der Waals surface area (Å²) in [5.74, 6) is 2.57. The van der Waals surface area contributed by atoms with Crippen LogP contribution in [0.15, 0.2) is 53.5 Å². The molecule has 7 heteroatoms. The van der Waals surface area contributed by atoms with Gasteiger partial charge in [0, 0.05) is 14.1 Å². The minimum Gasteiger partial charge on any atom is -0.489 e. The predicted molar refractivity (Wildman–Crippen MR) is 126 cm³/mol. The van der Waals surface area contributed by atoms with Crippen LogP contribution in [0.5, 0.6) is 5.75 Å². The number of aliphatic imine (C=N–C) groups is 1. The molecule has 2 aromatic carbocycles. The molecule has 0 amide bonds. The van der Waals surface area contributed by atoms with E-state index in [9.17, 15) is 0 Å². The highest BCUT2D eigenvalue weighted by molar-refractivity contribution is 14.0. The molecule has 0 saturated heterocycles. The number of imidazole rings is 1. The van der Waals surface area contributed by atoms with Crippen LogP contribution in [0.25, 0.3) is 11.0 Å². The summed E-state index contributed by atoms with van der Waals surface area (Å²) in [5.41, 5.74) is 3.31. The first-order valence-corrected chi connectivity index (χ1v) is 9.15. The average Bonchev–Trinajstić information content (AvgIpc) is 2.98. The topological polar surface area (TPSA) is 63.5 Å². The van der Waals surface area contributed by atoms with Crippen LogP contribution in [0.3, 0.4) is 0 Å². The molecule has 3 rings (SSSR count). The van der Waals surface area contributed by atoms with E-state index in [0.717, 1.165) is 28.6 Å². The van der Waals surface area contributed by atoms with Crippen LogP contribution < -0.4 is 15.4 Å². The summed E-state index contributed by atoms with van der Waals surface area (Å²) in [6.07, 6.45) is 0.0149. The van der Waals surface area contributed by atoms with Crippen molar-refractivity contribution in [3.63, 3.8) is 0 Å². The molecule has 0 aliphatic rings. The summed E-state index contributed by atoms with van der Waals surface area (Å²) in [4.78, 5) is 8.95. The summed E-state index contributed by atoms with van der Waals surface area (Å²) in [7, 11) is 3.79. The van der Waals surface area contributed by atoms with Crippen LogP contribution in [-0.4, -0.2) is 35.2 Å². The van der Waals surface area contributed by atoms with Crippen molar-refractivity contribution in [3.05, 3.63) is 59.9 Å². The SMILES string of the molecule is CN=C(NCc1nc2ccccc2n1C)NCC(C)Oc1cccc(C)c1.I. The van der Waals surface area contributed by atoms with Gasteiger partial charge in [-0.2, -0.15) is 0 Å². The Hall–Kier alpha value is -2.29. The van der Waals surface area contributed by atoms with Crippen LogP contribution in [0.4, 0.5) is 0 Å². The van der Waals surface area contributed by atoms with Gasteiger partial charge in [-0.3, -0.25) is 4.99 Å². The molecule has 0 spiro atoms. The largest absolute Gasteiger partial charge is 0.489 e. The van der Waals surface area contributed by atoms with Gasteiger partial charge in [0.05, 0.1) is 24.1 Å². The lowest BCUT2D eigenvalue weighted by Crippen LogP contribution is -2.41. The number of para-hydroxylation sites is 2. The fourth-order valence-electron chi connectivity index (χ4n) is 2.94. The Morgan fingerprint density at radius 2 is 1.96 bits per heavy atom. The summed E-state index contributed by atoms with van der Waals surface area (Å²) in [5, 5.41) is 6.62. The van der Waals surface area contributed by atoms with Gasteiger partial charge in [0.2, 0.25) is 0 Å². The number of fused-ring (bicyclic) bond motifs is 1. The zero-order chi connectivity index (χ0) is 19.2. The van der Waals surface area contributed by atoms with Crippen molar-refractivity contribution in [3.8, 4) is 5.75 Å². The molecule has 0 aliphatic heterocycles. The van der Waals surface area contributed by atoms with Crippen molar-refractivity contribution in [2.75, 3.05) is 13.6 Å². The quantitative estimate of drug-likeness (QED) is 0.313. The highest BCUT2D eigenvalue weighted by atomic mass is 127. The summed E-state index contributed by atoms with van der Waals surface area (Å²) >= 11 is 0. The zero-order valence-corrected chi connectivity index (χ0v) is 19.1. The monoisotopic (exact) mass is 493 g/mol. The van der Waals surface area contributed by atoms with Crippen molar-refractivity contribution in [1.29, 1.82) is 0 Å². The van der Waals surface area contributed by atoms with Gasteiger partial charge in [-0.1, -0.05) is 24.3 Å². The lowest BCUT2D eigenvalue weighted by Gasteiger charge is -2.18. The number of hydrogen-bond acceptors (Lipinski definition) is 3. The predicted octanol–water partition coefficient (Wildman–Crippen LogP) is 3.63. The first kappa shape index (κ1) is 22.0. The maximum Gasteiger partial charge on any atom is 0.191 e. The molecule has 1 unspecified atom stereocenters. The number of nitrogens with zero attached hydrogens (tertiary/aromatic N) is 3. The van der Waals surface area contributed by atoms with Crippen LogP contribution in [0.2, 0.25) is 0 Å². The van der Waals surface area contributed by atoms with Gasteiger partial charge in [0.1, 0.15) is 17.7 Å². The maximum atomic E-state index is 5.95. The number of hydrogen-bond donors (Lipinski definition) is 2. The number of nitrogens with one attached hydrogen (secondary N) is 2. The smallest absolute Gasteiger partial charge is 0.191 e. The second-order valence-electron chi connectivity index (χ2n) is 6.63. The second-order valence-corrected chi connectivity index (χ2v) is 6.63. The van der Waals surface area contributed by atoms with Crippen LogP contribution in [-0.2, 0) is 13.6 Å². The molecule has 1 heterocycles. The summed E-state index contributed by atoms with van der Waals surface area (Å²) in [6, 6.07) is 16.2. The number of rotatable bonds is 6. The molecule has 6 nitrogen and oxygen atoms in total. The molecular formula is C21H28IN5O. The van der Waals surface area contributed by atoms with Crippen molar-refractivity contribution in [1.82, 2.24) is 20.2 Å². The van der Waals surface area contributed by atoms with Crippen LogP contribution >= 0.6 is 24.0 Å². The third-order valence-electron chi connectivity index (χ3n) is 4.40. The molecular weight excluding hydrogens is 465 g/mol. The van der Waals surface area contributed by atoms with Gasteiger partial charge in [0.25, 0.3) is 0 Å².